The second kappa shape index (κ2) is 5.34. The van der Waals surface area contributed by atoms with E-state index >= 15 is 0 Å². The molecular formula is C16H18F2O4. The Morgan fingerprint density at radius 1 is 1.32 bits per heavy atom. The Morgan fingerprint density at radius 3 is 2.45 bits per heavy atom. The van der Waals surface area contributed by atoms with Crippen LogP contribution in [0, 0.1) is 5.41 Å². The van der Waals surface area contributed by atoms with Gasteiger partial charge in [-0.3, -0.25) is 9.59 Å². The summed E-state index contributed by atoms with van der Waals surface area (Å²) in [5.41, 5.74) is -3.05. The third-order valence-electron chi connectivity index (χ3n) is 3.59. The number of fused-ring (bicyclic) bond motifs is 1. The number of benzene rings is 1. The van der Waals surface area contributed by atoms with Crippen molar-refractivity contribution in [1.29, 1.82) is 0 Å². The molecule has 0 amide bonds. The van der Waals surface area contributed by atoms with Gasteiger partial charge in [0.1, 0.15) is 11.4 Å². The van der Waals surface area contributed by atoms with Crippen LogP contribution in [0.4, 0.5) is 8.78 Å². The maximum atomic E-state index is 13.7. The van der Waals surface area contributed by atoms with Gasteiger partial charge in [0.2, 0.25) is 0 Å². The Labute approximate surface area is 127 Å². The lowest BCUT2D eigenvalue weighted by Gasteiger charge is -2.29. The number of ether oxygens (including phenoxy) is 2. The molecular weight excluding hydrogens is 294 g/mol. The number of esters is 1. The number of alkyl halides is 2. The average Bonchev–Trinajstić information content (AvgIpc) is 2.71. The summed E-state index contributed by atoms with van der Waals surface area (Å²) in [7, 11) is 1.38. The number of rotatable bonds is 3. The lowest BCUT2D eigenvalue weighted by atomic mass is 9.83. The zero-order valence-electron chi connectivity index (χ0n) is 12.9. The van der Waals surface area contributed by atoms with Crippen LogP contribution < -0.4 is 4.74 Å². The standard InChI is InChI=1S/C16H18F2O4/c1-15(2,3)22-14(20)16(13(17)18)8-10-9(12(16)19)6-5-7-11(10)21-4/h5-7,13H,8H2,1-4H3. The highest BCUT2D eigenvalue weighted by Crippen LogP contribution is 2.46. The molecule has 1 aromatic rings. The third-order valence-corrected chi connectivity index (χ3v) is 3.59. The van der Waals surface area contributed by atoms with Gasteiger partial charge in [-0.05, 0) is 26.8 Å². The SMILES string of the molecule is COc1cccc2c1CC(C(=O)OC(C)(C)C)(C(F)F)C2=O. The maximum Gasteiger partial charge on any atom is 0.326 e. The Bertz CT molecular complexity index is 619. The minimum Gasteiger partial charge on any atom is -0.496 e. The molecule has 0 saturated heterocycles. The van der Waals surface area contributed by atoms with Crippen LogP contribution in [0.1, 0.15) is 36.7 Å². The molecule has 120 valence electrons. The van der Waals surface area contributed by atoms with E-state index in [1.165, 1.54) is 19.2 Å². The van der Waals surface area contributed by atoms with E-state index in [9.17, 15) is 18.4 Å². The summed E-state index contributed by atoms with van der Waals surface area (Å²) < 4.78 is 37.6. The van der Waals surface area contributed by atoms with Gasteiger partial charge in [0.05, 0.1) is 7.11 Å². The van der Waals surface area contributed by atoms with E-state index in [4.69, 9.17) is 9.47 Å². The number of halogens is 2. The second-order valence-corrected chi connectivity index (χ2v) is 6.27. The summed E-state index contributed by atoms with van der Waals surface area (Å²) in [5, 5.41) is 0. The molecule has 0 heterocycles. The first-order chi connectivity index (χ1) is 10.1. The topological polar surface area (TPSA) is 52.6 Å². The molecule has 0 radical (unpaired) electrons. The van der Waals surface area contributed by atoms with Gasteiger partial charge in [0.15, 0.2) is 11.2 Å². The van der Waals surface area contributed by atoms with Crippen molar-refractivity contribution < 1.29 is 27.8 Å². The summed E-state index contributed by atoms with van der Waals surface area (Å²) in [6.07, 6.45) is -3.58. The van der Waals surface area contributed by atoms with Crippen molar-refractivity contribution in [3.05, 3.63) is 29.3 Å². The predicted octanol–water partition coefficient (Wildman–Crippen LogP) is 3.03. The summed E-state index contributed by atoms with van der Waals surface area (Å²) in [6, 6.07) is 4.53. The highest BCUT2D eigenvalue weighted by Gasteiger charge is 2.60. The van der Waals surface area contributed by atoms with E-state index in [-0.39, 0.29) is 5.56 Å². The van der Waals surface area contributed by atoms with Crippen LogP contribution >= 0.6 is 0 Å². The van der Waals surface area contributed by atoms with Crippen LogP contribution in [-0.2, 0) is 16.0 Å². The number of hydrogen-bond donors (Lipinski definition) is 0. The first-order valence-corrected chi connectivity index (χ1v) is 6.86. The van der Waals surface area contributed by atoms with E-state index in [0.29, 0.717) is 11.3 Å². The highest BCUT2D eigenvalue weighted by molar-refractivity contribution is 6.17. The number of carbonyl (C=O) groups is 2. The largest absolute Gasteiger partial charge is 0.496 e. The van der Waals surface area contributed by atoms with Crippen LogP contribution in [0.2, 0.25) is 0 Å². The van der Waals surface area contributed by atoms with Gasteiger partial charge in [0, 0.05) is 17.5 Å². The predicted molar refractivity (Wildman–Crippen MR) is 75.3 cm³/mol. The van der Waals surface area contributed by atoms with Gasteiger partial charge in [0.25, 0.3) is 6.43 Å². The quantitative estimate of drug-likeness (QED) is 0.636. The minimum absolute atomic E-state index is 0.0884. The van der Waals surface area contributed by atoms with Crippen LogP contribution in [0.25, 0.3) is 0 Å². The second-order valence-electron chi connectivity index (χ2n) is 6.27. The molecule has 0 spiro atoms. The third kappa shape index (κ3) is 2.46. The van der Waals surface area contributed by atoms with Crippen molar-refractivity contribution in [3.63, 3.8) is 0 Å². The first-order valence-electron chi connectivity index (χ1n) is 6.86. The smallest absolute Gasteiger partial charge is 0.326 e. The minimum atomic E-state index is -3.16. The van der Waals surface area contributed by atoms with Crippen LogP contribution in [0.3, 0.4) is 0 Å². The molecule has 2 rings (SSSR count). The van der Waals surface area contributed by atoms with Crippen molar-refractivity contribution in [2.24, 2.45) is 5.41 Å². The zero-order chi connectivity index (χ0) is 16.7. The van der Waals surface area contributed by atoms with Crippen molar-refractivity contribution in [2.45, 2.75) is 39.2 Å². The molecule has 0 bridgehead atoms. The molecule has 0 aliphatic heterocycles. The Morgan fingerprint density at radius 2 is 1.95 bits per heavy atom. The molecule has 0 aromatic heterocycles. The molecule has 1 aliphatic rings. The van der Waals surface area contributed by atoms with E-state index in [1.54, 1.807) is 26.8 Å². The number of hydrogen-bond acceptors (Lipinski definition) is 4. The monoisotopic (exact) mass is 312 g/mol. The van der Waals surface area contributed by atoms with E-state index in [0.717, 1.165) is 0 Å². The first kappa shape index (κ1) is 16.4. The number of ketones is 1. The fourth-order valence-electron chi connectivity index (χ4n) is 2.55. The van der Waals surface area contributed by atoms with Crippen molar-refractivity contribution >= 4 is 11.8 Å². The molecule has 1 atom stereocenters. The zero-order valence-corrected chi connectivity index (χ0v) is 12.9. The fourth-order valence-corrected chi connectivity index (χ4v) is 2.55. The molecule has 0 saturated carbocycles. The molecule has 1 aromatic carbocycles. The van der Waals surface area contributed by atoms with E-state index in [1.807, 2.05) is 0 Å². The summed E-state index contributed by atoms with van der Waals surface area (Å²) in [4.78, 5) is 24.9. The van der Waals surface area contributed by atoms with Gasteiger partial charge in [-0.25, -0.2) is 8.78 Å². The van der Waals surface area contributed by atoms with Crippen molar-refractivity contribution in [1.82, 2.24) is 0 Å². The van der Waals surface area contributed by atoms with Gasteiger partial charge in [-0.15, -0.1) is 0 Å². The Kier molecular flexibility index (Phi) is 3.98. The molecule has 1 unspecified atom stereocenters. The van der Waals surface area contributed by atoms with Gasteiger partial charge < -0.3 is 9.47 Å². The molecule has 6 heteroatoms. The van der Waals surface area contributed by atoms with Gasteiger partial charge in [-0.1, -0.05) is 12.1 Å². The van der Waals surface area contributed by atoms with Gasteiger partial charge in [-0.2, -0.15) is 0 Å². The van der Waals surface area contributed by atoms with Crippen molar-refractivity contribution in [2.75, 3.05) is 7.11 Å². The average molecular weight is 312 g/mol. The Hall–Kier alpha value is -1.98. The molecule has 4 nitrogen and oxygen atoms in total. The van der Waals surface area contributed by atoms with Gasteiger partial charge >= 0.3 is 5.97 Å². The van der Waals surface area contributed by atoms with Crippen LogP contribution in [-0.4, -0.2) is 30.9 Å². The molecule has 0 fully saturated rings. The highest BCUT2D eigenvalue weighted by atomic mass is 19.3. The maximum absolute atomic E-state index is 13.7. The van der Waals surface area contributed by atoms with Crippen LogP contribution in [0.15, 0.2) is 18.2 Å². The lowest BCUT2D eigenvalue weighted by Crippen LogP contribution is -2.47. The lowest BCUT2D eigenvalue weighted by molar-refractivity contribution is -0.171. The number of carbonyl (C=O) groups excluding carboxylic acids is 2. The van der Waals surface area contributed by atoms with Crippen LogP contribution in [0.5, 0.6) is 5.75 Å². The fraction of sp³-hybridized carbons (Fsp3) is 0.500. The van der Waals surface area contributed by atoms with E-state index in [2.05, 4.69) is 0 Å². The van der Waals surface area contributed by atoms with E-state index < -0.39 is 35.6 Å². The normalized spacial score (nSPS) is 21.0. The summed E-state index contributed by atoms with van der Waals surface area (Å²) in [6.45, 7) is 4.70. The molecule has 22 heavy (non-hydrogen) atoms. The molecule has 1 aliphatic carbocycles. The summed E-state index contributed by atoms with van der Waals surface area (Å²) in [5.74, 6) is -1.79. The Balaban J connectivity index is 2.52. The number of methoxy groups -OCH3 is 1. The summed E-state index contributed by atoms with van der Waals surface area (Å²) >= 11 is 0. The molecule has 0 N–H and O–H groups in total. The number of Topliss-reactive ketones (excluding diaryl/α,β-unsaturated/α-hetero) is 1. The van der Waals surface area contributed by atoms with Crippen molar-refractivity contribution in [3.8, 4) is 5.75 Å².